The highest BCUT2D eigenvalue weighted by molar-refractivity contribution is 7.11. The third-order valence-corrected chi connectivity index (χ3v) is 4.14. The predicted octanol–water partition coefficient (Wildman–Crippen LogP) is 1.59. The zero-order chi connectivity index (χ0) is 14.0. The Morgan fingerprint density at radius 3 is 2.67 bits per heavy atom. The van der Waals surface area contributed by atoms with Gasteiger partial charge >= 0.3 is 0 Å². The summed E-state index contributed by atoms with van der Waals surface area (Å²) in [5, 5.41) is 15.7. The molecular formula is C13H23Cl2N3O2S. The van der Waals surface area contributed by atoms with Crippen LogP contribution in [-0.4, -0.2) is 41.7 Å². The number of aliphatic hydroxyl groups excluding tert-OH is 1. The van der Waals surface area contributed by atoms with Gasteiger partial charge < -0.3 is 15.7 Å². The number of carbonyl (C=O) groups is 1. The quantitative estimate of drug-likeness (QED) is 0.769. The first kappa shape index (κ1) is 20.6. The minimum Gasteiger partial charge on any atom is -0.391 e. The molecule has 1 aromatic heterocycles. The molecule has 1 aromatic rings. The van der Waals surface area contributed by atoms with Crippen molar-refractivity contribution in [2.45, 2.75) is 32.3 Å². The highest BCUT2D eigenvalue weighted by Crippen LogP contribution is 2.27. The molecule has 0 aromatic carbocycles. The Labute approximate surface area is 141 Å². The lowest BCUT2D eigenvalue weighted by atomic mass is 9.91. The number of aromatic nitrogens is 1. The first-order chi connectivity index (χ1) is 8.89. The lowest BCUT2D eigenvalue weighted by Crippen LogP contribution is -2.35. The minimum absolute atomic E-state index is 0. The van der Waals surface area contributed by atoms with Crippen molar-refractivity contribution in [3.8, 4) is 0 Å². The molecule has 2 heterocycles. The maximum absolute atomic E-state index is 12.2. The summed E-state index contributed by atoms with van der Waals surface area (Å²) in [5.41, 5.74) is 2.41. The van der Waals surface area contributed by atoms with Gasteiger partial charge in [-0.3, -0.25) is 4.79 Å². The number of aliphatic hydroxyl groups is 1. The number of hydrogen-bond donors (Lipinski definition) is 3. The van der Waals surface area contributed by atoms with Crippen LogP contribution in [0.25, 0.3) is 0 Å². The average Bonchev–Trinajstić information content (AvgIpc) is 2.93. The number of carbonyl (C=O) groups excluding carboxylic acids is 1. The van der Waals surface area contributed by atoms with Crippen molar-refractivity contribution in [3.05, 3.63) is 16.1 Å². The number of rotatable bonds is 3. The molecule has 1 aliphatic heterocycles. The normalized spacial score (nSPS) is 21.3. The van der Waals surface area contributed by atoms with Crippen LogP contribution < -0.4 is 10.6 Å². The summed E-state index contributed by atoms with van der Waals surface area (Å²) in [6.07, 6.45) is -0.371. The van der Waals surface area contributed by atoms with Gasteiger partial charge in [-0.25, -0.2) is 4.98 Å². The zero-order valence-electron chi connectivity index (χ0n) is 12.4. The number of hydrogen-bond acceptors (Lipinski definition) is 5. The lowest BCUT2D eigenvalue weighted by Gasteiger charge is -2.18. The Kier molecular flexibility index (Phi) is 8.13. The van der Waals surface area contributed by atoms with E-state index >= 15 is 0 Å². The second-order valence-electron chi connectivity index (χ2n) is 5.98. The molecule has 0 saturated carbocycles. The number of nitrogens with zero attached hydrogens (tertiary/aromatic N) is 1. The molecule has 1 aliphatic rings. The SMILES string of the molecule is CC(C)(C)c1ncsc1C(=O)NCC1CNCC1O.Cl.Cl. The van der Waals surface area contributed by atoms with E-state index in [1.807, 2.05) is 20.8 Å². The Bertz CT molecular complexity index is 463. The van der Waals surface area contributed by atoms with Gasteiger partial charge in [0.2, 0.25) is 0 Å². The van der Waals surface area contributed by atoms with Crippen LogP contribution in [0.1, 0.15) is 36.1 Å². The number of β-amino-alcohol motifs (C(OH)–C–C–N with tert-alkyl or cyclic N) is 1. The van der Waals surface area contributed by atoms with Gasteiger partial charge in [0, 0.05) is 31.0 Å². The monoisotopic (exact) mass is 355 g/mol. The molecular weight excluding hydrogens is 333 g/mol. The number of nitrogens with one attached hydrogen (secondary N) is 2. The van der Waals surface area contributed by atoms with Gasteiger partial charge in [0.25, 0.3) is 5.91 Å². The lowest BCUT2D eigenvalue weighted by molar-refractivity contribution is 0.0928. The maximum atomic E-state index is 12.2. The van der Waals surface area contributed by atoms with E-state index in [2.05, 4.69) is 15.6 Å². The summed E-state index contributed by atoms with van der Waals surface area (Å²) in [6, 6.07) is 0. The summed E-state index contributed by atoms with van der Waals surface area (Å²) in [6.45, 7) is 7.98. The van der Waals surface area contributed by atoms with Gasteiger partial charge in [0.15, 0.2) is 0 Å². The summed E-state index contributed by atoms with van der Waals surface area (Å²) < 4.78 is 0. The molecule has 2 unspecified atom stereocenters. The molecule has 2 atom stereocenters. The van der Waals surface area contributed by atoms with Crippen molar-refractivity contribution in [1.29, 1.82) is 0 Å². The standard InChI is InChI=1S/C13H21N3O2S.2ClH/c1-13(2,3)11-10(19-7-16-11)12(18)15-5-8-4-14-6-9(8)17;;/h7-9,14,17H,4-6H2,1-3H3,(H,15,18);2*1H. The number of thiazole rings is 1. The average molecular weight is 356 g/mol. The van der Waals surface area contributed by atoms with E-state index in [9.17, 15) is 9.90 Å². The van der Waals surface area contributed by atoms with E-state index < -0.39 is 0 Å². The van der Waals surface area contributed by atoms with Gasteiger partial charge in [-0.2, -0.15) is 0 Å². The molecule has 1 amide bonds. The van der Waals surface area contributed by atoms with Crippen LogP contribution in [0, 0.1) is 5.92 Å². The van der Waals surface area contributed by atoms with Crippen molar-refractivity contribution in [2.24, 2.45) is 5.92 Å². The molecule has 1 saturated heterocycles. The van der Waals surface area contributed by atoms with Crippen LogP contribution >= 0.6 is 36.2 Å². The fraction of sp³-hybridized carbons (Fsp3) is 0.692. The van der Waals surface area contributed by atoms with E-state index in [1.54, 1.807) is 5.51 Å². The molecule has 0 bridgehead atoms. The fourth-order valence-corrected chi connectivity index (χ4v) is 3.09. The molecule has 8 heteroatoms. The van der Waals surface area contributed by atoms with Gasteiger partial charge in [0.05, 0.1) is 17.3 Å². The van der Waals surface area contributed by atoms with Crippen LogP contribution in [0.4, 0.5) is 0 Å². The second-order valence-corrected chi connectivity index (χ2v) is 6.83. The Morgan fingerprint density at radius 1 is 1.48 bits per heavy atom. The van der Waals surface area contributed by atoms with Gasteiger partial charge in [-0.1, -0.05) is 20.8 Å². The highest BCUT2D eigenvalue weighted by atomic mass is 35.5. The van der Waals surface area contributed by atoms with Gasteiger partial charge in [-0.05, 0) is 0 Å². The highest BCUT2D eigenvalue weighted by Gasteiger charge is 2.28. The molecule has 5 nitrogen and oxygen atoms in total. The molecule has 21 heavy (non-hydrogen) atoms. The first-order valence-corrected chi connectivity index (χ1v) is 7.38. The molecule has 3 N–H and O–H groups in total. The third-order valence-electron chi connectivity index (χ3n) is 3.31. The summed E-state index contributed by atoms with van der Waals surface area (Å²) in [5.74, 6) is 0.00137. The summed E-state index contributed by atoms with van der Waals surface area (Å²) >= 11 is 1.37. The van der Waals surface area contributed by atoms with E-state index in [1.165, 1.54) is 11.3 Å². The van der Waals surface area contributed by atoms with Crippen molar-refractivity contribution in [3.63, 3.8) is 0 Å². The molecule has 2 rings (SSSR count). The van der Waals surface area contributed by atoms with Gasteiger partial charge in [-0.15, -0.1) is 36.2 Å². The van der Waals surface area contributed by atoms with Crippen LogP contribution in [0.2, 0.25) is 0 Å². The van der Waals surface area contributed by atoms with Crippen LogP contribution in [0.5, 0.6) is 0 Å². The second kappa shape index (κ2) is 8.29. The van der Waals surface area contributed by atoms with E-state index in [4.69, 9.17) is 0 Å². The van der Waals surface area contributed by atoms with Crippen molar-refractivity contribution >= 4 is 42.1 Å². The summed E-state index contributed by atoms with van der Waals surface area (Å²) in [4.78, 5) is 17.2. The van der Waals surface area contributed by atoms with E-state index in [-0.39, 0.29) is 48.2 Å². The first-order valence-electron chi connectivity index (χ1n) is 6.50. The fourth-order valence-electron chi connectivity index (χ4n) is 2.17. The van der Waals surface area contributed by atoms with Crippen LogP contribution in [0.15, 0.2) is 5.51 Å². The van der Waals surface area contributed by atoms with Gasteiger partial charge in [0.1, 0.15) is 4.88 Å². The molecule has 0 aliphatic carbocycles. The summed E-state index contributed by atoms with van der Waals surface area (Å²) in [7, 11) is 0. The Morgan fingerprint density at radius 2 is 2.14 bits per heavy atom. The Balaban J connectivity index is 0.00000200. The van der Waals surface area contributed by atoms with Crippen molar-refractivity contribution in [1.82, 2.24) is 15.6 Å². The minimum atomic E-state index is -0.371. The number of halogens is 2. The molecule has 1 fully saturated rings. The van der Waals surface area contributed by atoms with Crippen LogP contribution in [-0.2, 0) is 5.41 Å². The van der Waals surface area contributed by atoms with Crippen LogP contribution in [0.3, 0.4) is 0 Å². The molecule has 0 spiro atoms. The van der Waals surface area contributed by atoms with Crippen molar-refractivity contribution < 1.29 is 9.90 Å². The molecule has 122 valence electrons. The number of amides is 1. The largest absolute Gasteiger partial charge is 0.391 e. The smallest absolute Gasteiger partial charge is 0.263 e. The third kappa shape index (κ3) is 5.07. The van der Waals surface area contributed by atoms with E-state index in [0.717, 1.165) is 12.2 Å². The maximum Gasteiger partial charge on any atom is 0.263 e. The van der Waals surface area contributed by atoms with Crippen molar-refractivity contribution in [2.75, 3.05) is 19.6 Å². The topological polar surface area (TPSA) is 74.2 Å². The van der Waals surface area contributed by atoms with E-state index in [0.29, 0.717) is 18.0 Å². The zero-order valence-corrected chi connectivity index (χ0v) is 14.8. The predicted molar refractivity (Wildman–Crippen MR) is 90.0 cm³/mol. The Hall–Kier alpha value is -0.400. The molecule has 0 radical (unpaired) electrons.